The second-order valence-electron chi connectivity index (χ2n) is 5.34. The maximum atomic E-state index is 5.81. The predicted molar refractivity (Wildman–Crippen MR) is 69.3 cm³/mol. The Morgan fingerprint density at radius 1 is 1.06 bits per heavy atom. The summed E-state index contributed by atoms with van der Waals surface area (Å²) >= 11 is 0. The summed E-state index contributed by atoms with van der Waals surface area (Å²) in [4.78, 5) is 0. The molecule has 1 aromatic carbocycles. The van der Waals surface area contributed by atoms with Crippen molar-refractivity contribution in [3.05, 3.63) is 23.3 Å². The fourth-order valence-corrected chi connectivity index (χ4v) is 3.43. The van der Waals surface area contributed by atoms with Gasteiger partial charge in [-0.15, -0.1) is 0 Å². The Morgan fingerprint density at radius 3 is 2.39 bits per heavy atom. The molecular formula is C15H20O3. The zero-order valence-corrected chi connectivity index (χ0v) is 11.1. The molecule has 1 aliphatic carbocycles. The van der Waals surface area contributed by atoms with Gasteiger partial charge in [0.15, 0.2) is 11.5 Å². The summed E-state index contributed by atoms with van der Waals surface area (Å²) in [6, 6.07) is 4.25. The first kappa shape index (κ1) is 11.8. The minimum absolute atomic E-state index is 0.229. The number of fused-ring (bicyclic) bond motifs is 2. The van der Waals surface area contributed by atoms with Crippen LogP contribution in [-0.2, 0) is 16.8 Å². The van der Waals surface area contributed by atoms with Crippen molar-refractivity contribution in [1.82, 2.24) is 0 Å². The van der Waals surface area contributed by atoms with Crippen molar-refractivity contribution in [2.45, 2.75) is 37.7 Å². The lowest BCUT2D eigenvalue weighted by molar-refractivity contribution is 0.0526. The summed E-state index contributed by atoms with van der Waals surface area (Å²) in [5.41, 5.74) is 2.91. The molecule has 3 nitrogen and oxygen atoms in total. The molecule has 0 saturated heterocycles. The predicted octanol–water partition coefficient (Wildman–Crippen LogP) is 3.05. The molecule has 1 fully saturated rings. The Hall–Kier alpha value is -1.22. The molecule has 1 saturated carbocycles. The summed E-state index contributed by atoms with van der Waals surface area (Å²) in [7, 11) is 3.38. The number of hydrogen-bond donors (Lipinski definition) is 0. The normalized spacial score (nSPS) is 20.8. The van der Waals surface area contributed by atoms with Gasteiger partial charge in [0, 0.05) is 5.41 Å². The highest BCUT2D eigenvalue weighted by Crippen LogP contribution is 2.47. The number of benzene rings is 1. The van der Waals surface area contributed by atoms with Crippen molar-refractivity contribution in [3.63, 3.8) is 0 Å². The molecule has 0 N–H and O–H groups in total. The Balaban J connectivity index is 2.11. The molecule has 0 unspecified atom stereocenters. The second-order valence-corrected chi connectivity index (χ2v) is 5.34. The van der Waals surface area contributed by atoms with Crippen LogP contribution in [0.4, 0.5) is 0 Å². The molecule has 0 bridgehead atoms. The molecule has 1 aromatic rings. The highest BCUT2D eigenvalue weighted by molar-refractivity contribution is 5.51. The maximum Gasteiger partial charge on any atom is 0.161 e. The fraction of sp³-hybridized carbons (Fsp3) is 0.600. The average Bonchev–Trinajstić information content (AvgIpc) is 2.87. The van der Waals surface area contributed by atoms with Crippen molar-refractivity contribution in [2.24, 2.45) is 0 Å². The minimum atomic E-state index is 0.229. The third kappa shape index (κ3) is 1.69. The zero-order valence-electron chi connectivity index (χ0n) is 11.1. The smallest absolute Gasteiger partial charge is 0.161 e. The molecule has 18 heavy (non-hydrogen) atoms. The lowest BCUT2D eigenvalue weighted by Crippen LogP contribution is -2.33. The number of hydrogen-bond acceptors (Lipinski definition) is 3. The highest BCUT2D eigenvalue weighted by atomic mass is 16.5. The maximum absolute atomic E-state index is 5.81. The van der Waals surface area contributed by atoms with Crippen LogP contribution in [-0.4, -0.2) is 20.8 Å². The lowest BCUT2D eigenvalue weighted by Gasteiger charge is -2.36. The second kappa shape index (κ2) is 4.47. The van der Waals surface area contributed by atoms with Gasteiger partial charge in [-0.3, -0.25) is 0 Å². The SMILES string of the molecule is COc1cc2c(cc1OC)C1(CCCC1)COC2. The number of ether oxygens (including phenoxy) is 3. The first-order valence-corrected chi connectivity index (χ1v) is 6.62. The van der Waals surface area contributed by atoms with Gasteiger partial charge in [-0.25, -0.2) is 0 Å². The van der Waals surface area contributed by atoms with Crippen molar-refractivity contribution >= 4 is 0 Å². The Morgan fingerprint density at radius 2 is 1.72 bits per heavy atom. The van der Waals surface area contributed by atoms with Crippen LogP contribution in [0.5, 0.6) is 11.5 Å². The van der Waals surface area contributed by atoms with E-state index in [9.17, 15) is 0 Å². The Kier molecular flexibility index (Phi) is 2.94. The van der Waals surface area contributed by atoms with Crippen LogP contribution in [0.15, 0.2) is 12.1 Å². The van der Waals surface area contributed by atoms with E-state index in [0.29, 0.717) is 6.61 Å². The van der Waals surface area contributed by atoms with E-state index in [4.69, 9.17) is 14.2 Å². The fourth-order valence-electron chi connectivity index (χ4n) is 3.43. The molecule has 98 valence electrons. The van der Waals surface area contributed by atoms with Crippen LogP contribution in [0.1, 0.15) is 36.8 Å². The van der Waals surface area contributed by atoms with Gasteiger partial charge in [0.2, 0.25) is 0 Å². The molecule has 0 aromatic heterocycles. The topological polar surface area (TPSA) is 27.7 Å². The average molecular weight is 248 g/mol. The minimum Gasteiger partial charge on any atom is -0.493 e. The van der Waals surface area contributed by atoms with Gasteiger partial charge >= 0.3 is 0 Å². The quantitative estimate of drug-likeness (QED) is 0.805. The van der Waals surface area contributed by atoms with Crippen LogP contribution in [0.25, 0.3) is 0 Å². The van der Waals surface area contributed by atoms with E-state index in [2.05, 4.69) is 12.1 Å². The first-order chi connectivity index (χ1) is 8.79. The Labute approximate surface area is 108 Å². The molecule has 3 heteroatoms. The van der Waals surface area contributed by atoms with Crippen LogP contribution in [0.2, 0.25) is 0 Å². The van der Waals surface area contributed by atoms with E-state index in [-0.39, 0.29) is 5.41 Å². The van der Waals surface area contributed by atoms with Crippen LogP contribution in [0.3, 0.4) is 0 Å². The monoisotopic (exact) mass is 248 g/mol. The molecule has 3 rings (SSSR count). The third-order valence-electron chi connectivity index (χ3n) is 4.38. The molecule has 2 aliphatic rings. The molecule has 1 aliphatic heterocycles. The molecular weight excluding hydrogens is 228 g/mol. The lowest BCUT2D eigenvalue weighted by atomic mass is 9.76. The Bertz CT molecular complexity index is 447. The summed E-state index contributed by atoms with van der Waals surface area (Å²) in [6.07, 6.45) is 5.07. The van der Waals surface area contributed by atoms with Crippen molar-refractivity contribution < 1.29 is 14.2 Å². The highest BCUT2D eigenvalue weighted by Gasteiger charge is 2.40. The third-order valence-corrected chi connectivity index (χ3v) is 4.38. The number of methoxy groups -OCH3 is 2. The van der Waals surface area contributed by atoms with Crippen molar-refractivity contribution in [3.8, 4) is 11.5 Å². The number of rotatable bonds is 2. The van der Waals surface area contributed by atoms with Crippen LogP contribution >= 0.6 is 0 Å². The van der Waals surface area contributed by atoms with Gasteiger partial charge in [-0.05, 0) is 36.1 Å². The standard InChI is InChI=1S/C15H20O3/c1-16-13-7-11-9-18-10-15(5-3-4-6-15)12(11)8-14(13)17-2/h7-8H,3-6,9-10H2,1-2H3. The molecule has 1 spiro atoms. The van der Waals surface area contributed by atoms with Gasteiger partial charge in [-0.2, -0.15) is 0 Å². The van der Waals surface area contributed by atoms with Gasteiger partial charge in [-0.1, -0.05) is 12.8 Å². The zero-order chi connectivity index (χ0) is 12.6. The van der Waals surface area contributed by atoms with E-state index in [1.165, 1.54) is 36.8 Å². The molecule has 0 radical (unpaired) electrons. The van der Waals surface area contributed by atoms with Crippen LogP contribution < -0.4 is 9.47 Å². The summed E-state index contributed by atoms with van der Waals surface area (Å²) in [5.74, 6) is 1.64. The molecule has 0 atom stereocenters. The van der Waals surface area contributed by atoms with E-state index >= 15 is 0 Å². The summed E-state index contributed by atoms with van der Waals surface area (Å²) < 4.78 is 16.6. The van der Waals surface area contributed by atoms with E-state index in [1.54, 1.807) is 14.2 Å². The van der Waals surface area contributed by atoms with Gasteiger partial charge in [0.25, 0.3) is 0 Å². The largest absolute Gasteiger partial charge is 0.493 e. The van der Waals surface area contributed by atoms with E-state index in [0.717, 1.165) is 18.1 Å². The van der Waals surface area contributed by atoms with Crippen molar-refractivity contribution in [1.29, 1.82) is 0 Å². The first-order valence-electron chi connectivity index (χ1n) is 6.62. The van der Waals surface area contributed by atoms with Gasteiger partial charge in [0.05, 0.1) is 27.4 Å². The van der Waals surface area contributed by atoms with Crippen LogP contribution in [0, 0.1) is 0 Å². The molecule has 1 heterocycles. The van der Waals surface area contributed by atoms with E-state index < -0.39 is 0 Å². The summed E-state index contributed by atoms with van der Waals surface area (Å²) in [5, 5.41) is 0. The van der Waals surface area contributed by atoms with Gasteiger partial charge < -0.3 is 14.2 Å². The molecule has 0 amide bonds. The van der Waals surface area contributed by atoms with Crippen molar-refractivity contribution in [2.75, 3.05) is 20.8 Å². The summed E-state index contributed by atoms with van der Waals surface area (Å²) in [6.45, 7) is 1.55. The van der Waals surface area contributed by atoms with Gasteiger partial charge in [0.1, 0.15) is 0 Å². The van der Waals surface area contributed by atoms with E-state index in [1.807, 2.05) is 0 Å².